The van der Waals surface area contributed by atoms with Gasteiger partial charge in [-0.05, 0) is 24.3 Å². The smallest absolute Gasteiger partial charge is 0.255 e. The molecule has 0 aliphatic carbocycles. The van der Waals surface area contributed by atoms with Crippen LogP contribution < -0.4 is 14.4 Å². The van der Waals surface area contributed by atoms with Gasteiger partial charge in [-0.3, -0.25) is 9.10 Å². The molecule has 0 fully saturated rings. The van der Waals surface area contributed by atoms with E-state index in [1.54, 1.807) is 48.5 Å². The normalized spacial score (nSPS) is 10.9. The molecule has 0 aliphatic heterocycles. The van der Waals surface area contributed by atoms with E-state index in [4.69, 9.17) is 4.74 Å². The predicted octanol–water partition coefficient (Wildman–Crippen LogP) is 1.89. The molecule has 0 heterocycles. The highest BCUT2D eigenvalue weighted by Gasteiger charge is 2.19. The Labute approximate surface area is 142 Å². The second-order valence-electron chi connectivity index (χ2n) is 5.08. The molecule has 0 saturated carbocycles. The number of para-hydroxylation sites is 2. The Bertz CT molecular complexity index is 791. The largest absolute Gasteiger partial charge is 0.496 e. The van der Waals surface area contributed by atoms with Crippen molar-refractivity contribution in [3.8, 4) is 5.75 Å². The molecule has 6 nitrogen and oxygen atoms in total. The zero-order valence-corrected chi connectivity index (χ0v) is 14.4. The van der Waals surface area contributed by atoms with Crippen molar-refractivity contribution in [3.63, 3.8) is 0 Å². The first-order chi connectivity index (χ1) is 11.5. The van der Waals surface area contributed by atoms with Crippen LogP contribution in [0.25, 0.3) is 0 Å². The summed E-state index contributed by atoms with van der Waals surface area (Å²) in [5.74, 6) is -0.122. The third kappa shape index (κ3) is 4.26. The number of carbonyl (C=O) groups excluding carboxylic acids is 1. The number of rotatable bonds is 7. The fourth-order valence-corrected chi connectivity index (χ4v) is 3.23. The lowest BCUT2D eigenvalue weighted by Gasteiger charge is -2.19. The molecule has 7 heteroatoms. The second kappa shape index (κ2) is 7.83. The number of ether oxygens (including phenoxy) is 1. The van der Waals surface area contributed by atoms with Gasteiger partial charge in [0.1, 0.15) is 5.75 Å². The van der Waals surface area contributed by atoms with Gasteiger partial charge in [0.2, 0.25) is 10.0 Å². The maximum atomic E-state index is 12.3. The molecule has 128 valence electrons. The molecule has 0 spiro atoms. The third-order valence-electron chi connectivity index (χ3n) is 3.53. The number of hydrogen-bond acceptors (Lipinski definition) is 4. The molecule has 0 unspecified atom stereocenters. The lowest BCUT2D eigenvalue weighted by Crippen LogP contribution is -2.35. The van der Waals surface area contributed by atoms with Crippen LogP contribution in [0.2, 0.25) is 0 Å². The SMILES string of the molecule is COc1ccccc1C(=O)NCCS(=O)(=O)N(C)c1ccccc1. The first-order valence-electron chi connectivity index (χ1n) is 7.38. The maximum absolute atomic E-state index is 12.3. The molecule has 2 aromatic rings. The van der Waals surface area contributed by atoms with E-state index in [0.717, 1.165) is 0 Å². The molecule has 24 heavy (non-hydrogen) atoms. The topological polar surface area (TPSA) is 75.7 Å². The summed E-state index contributed by atoms with van der Waals surface area (Å²) in [7, 11) is -0.549. The number of nitrogens with zero attached hydrogens (tertiary/aromatic N) is 1. The zero-order valence-electron chi connectivity index (χ0n) is 13.6. The Morgan fingerprint density at radius 2 is 1.71 bits per heavy atom. The van der Waals surface area contributed by atoms with Gasteiger partial charge in [0.15, 0.2) is 0 Å². The Hall–Kier alpha value is -2.54. The number of methoxy groups -OCH3 is 1. The summed E-state index contributed by atoms with van der Waals surface area (Å²) < 4.78 is 31.0. The molecule has 1 amide bonds. The average Bonchev–Trinajstić information content (AvgIpc) is 2.61. The highest BCUT2D eigenvalue weighted by molar-refractivity contribution is 7.92. The van der Waals surface area contributed by atoms with E-state index in [1.807, 2.05) is 6.07 Å². The molecule has 1 N–H and O–H groups in total. The van der Waals surface area contributed by atoms with Gasteiger partial charge in [-0.1, -0.05) is 30.3 Å². The van der Waals surface area contributed by atoms with Crippen LogP contribution >= 0.6 is 0 Å². The molecular weight excluding hydrogens is 328 g/mol. The first kappa shape index (κ1) is 17.8. The van der Waals surface area contributed by atoms with Gasteiger partial charge in [0.25, 0.3) is 5.91 Å². The van der Waals surface area contributed by atoms with E-state index < -0.39 is 10.0 Å². The highest BCUT2D eigenvalue weighted by Crippen LogP contribution is 2.17. The van der Waals surface area contributed by atoms with Crippen LogP contribution in [-0.2, 0) is 10.0 Å². The minimum atomic E-state index is -3.52. The van der Waals surface area contributed by atoms with Crippen molar-refractivity contribution in [1.29, 1.82) is 0 Å². The van der Waals surface area contributed by atoms with E-state index in [2.05, 4.69) is 5.32 Å². The van der Waals surface area contributed by atoms with Crippen molar-refractivity contribution in [2.45, 2.75) is 0 Å². The van der Waals surface area contributed by atoms with Crippen molar-refractivity contribution >= 4 is 21.6 Å². The number of amides is 1. The summed E-state index contributed by atoms with van der Waals surface area (Å²) in [6.07, 6.45) is 0. The molecule has 2 rings (SSSR count). The number of anilines is 1. The van der Waals surface area contributed by atoms with Crippen LogP contribution in [0.3, 0.4) is 0 Å². The number of carbonyl (C=O) groups is 1. The Balaban J connectivity index is 1.97. The van der Waals surface area contributed by atoms with E-state index in [0.29, 0.717) is 17.0 Å². The lowest BCUT2D eigenvalue weighted by molar-refractivity contribution is 0.0953. The molecule has 0 aromatic heterocycles. The minimum absolute atomic E-state index is 0.0103. The number of nitrogens with one attached hydrogen (secondary N) is 1. The van der Waals surface area contributed by atoms with Gasteiger partial charge in [-0.15, -0.1) is 0 Å². The Morgan fingerprint density at radius 3 is 2.38 bits per heavy atom. The van der Waals surface area contributed by atoms with E-state index >= 15 is 0 Å². The molecule has 0 bridgehead atoms. The average molecular weight is 348 g/mol. The molecule has 0 atom stereocenters. The van der Waals surface area contributed by atoms with Crippen LogP contribution in [0, 0.1) is 0 Å². The van der Waals surface area contributed by atoms with Crippen molar-refractivity contribution < 1.29 is 17.9 Å². The third-order valence-corrected chi connectivity index (χ3v) is 5.30. The summed E-state index contributed by atoms with van der Waals surface area (Å²) >= 11 is 0. The molecule has 0 saturated heterocycles. The fourth-order valence-electron chi connectivity index (χ4n) is 2.16. The van der Waals surface area contributed by atoms with Crippen molar-refractivity contribution in [3.05, 3.63) is 60.2 Å². The quantitative estimate of drug-likeness (QED) is 0.829. The van der Waals surface area contributed by atoms with Crippen LogP contribution in [0.15, 0.2) is 54.6 Å². The molecular formula is C17H20N2O4S. The summed E-state index contributed by atoms with van der Waals surface area (Å²) in [6, 6.07) is 15.6. The van der Waals surface area contributed by atoms with Crippen LogP contribution in [0.1, 0.15) is 10.4 Å². The molecule has 0 aliphatic rings. The van der Waals surface area contributed by atoms with Gasteiger partial charge < -0.3 is 10.1 Å². The van der Waals surface area contributed by atoms with Crippen LogP contribution in [0.4, 0.5) is 5.69 Å². The number of hydrogen-bond donors (Lipinski definition) is 1. The number of sulfonamides is 1. The fraction of sp³-hybridized carbons (Fsp3) is 0.235. The standard InChI is InChI=1S/C17H20N2O4S/c1-19(14-8-4-3-5-9-14)24(21,22)13-12-18-17(20)15-10-6-7-11-16(15)23-2/h3-11H,12-13H2,1-2H3,(H,18,20). The summed E-state index contributed by atoms with van der Waals surface area (Å²) in [5.41, 5.74) is 0.947. The van der Waals surface area contributed by atoms with Crippen molar-refractivity contribution in [2.75, 3.05) is 30.8 Å². The van der Waals surface area contributed by atoms with E-state index in [1.165, 1.54) is 18.5 Å². The van der Waals surface area contributed by atoms with Crippen molar-refractivity contribution in [1.82, 2.24) is 5.32 Å². The Morgan fingerprint density at radius 1 is 1.08 bits per heavy atom. The van der Waals surface area contributed by atoms with Crippen LogP contribution in [-0.4, -0.2) is 40.8 Å². The van der Waals surface area contributed by atoms with Gasteiger partial charge in [-0.25, -0.2) is 8.42 Å². The predicted molar refractivity (Wildman–Crippen MR) is 94.0 cm³/mol. The summed E-state index contributed by atoms with van der Waals surface area (Å²) in [5, 5.41) is 2.61. The van der Waals surface area contributed by atoms with Gasteiger partial charge in [0.05, 0.1) is 24.1 Å². The molecule has 0 radical (unpaired) electrons. The highest BCUT2D eigenvalue weighted by atomic mass is 32.2. The Kier molecular flexibility index (Phi) is 5.81. The zero-order chi connectivity index (χ0) is 17.6. The number of benzene rings is 2. The van der Waals surface area contributed by atoms with Gasteiger partial charge in [-0.2, -0.15) is 0 Å². The van der Waals surface area contributed by atoms with Gasteiger partial charge in [0, 0.05) is 13.6 Å². The molecule has 2 aromatic carbocycles. The second-order valence-corrected chi connectivity index (χ2v) is 7.20. The monoisotopic (exact) mass is 348 g/mol. The summed E-state index contributed by atoms with van der Waals surface area (Å²) in [4.78, 5) is 12.2. The minimum Gasteiger partial charge on any atom is -0.496 e. The van der Waals surface area contributed by atoms with E-state index in [9.17, 15) is 13.2 Å². The van der Waals surface area contributed by atoms with E-state index in [-0.39, 0.29) is 18.2 Å². The lowest BCUT2D eigenvalue weighted by atomic mass is 10.2. The van der Waals surface area contributed by atoms with Gasteiger partial charge >= 0.3 is 0 Å². The van der Waals surface area contributed by atoms with Crippen LogP contribution in [0.5, 0.6) is 5.75 Å². The summed E-state index contributed by atoms with van der Waals surface area (Å²) in [6.45, 7) is 0.0103. The maximum Gasteiger partial charge on any atom is 0.255 e. The van der Waals surface area contributed by atoms with Crippen molar-refractivity contribution in [2.24, 2.45) is 0 Å². The first-order valence-corrected chi connectivity index (χ1v) is 8.99.